The summed E-state index contributed by atoms with van der Waals surface area (Å²) in [6.45, 7) is 2.78. The number of nitro benzene ring substituents is 1. The van der Waals surface area contributed by atoms with E-state index in [1.165, 1.54) is 12.1 Å². The SMILES string of the molecule is CCOCCOC(=O)c1ccc([N+](=O)[O-])cc1Cl. The number of halogens is 1. The fourth-order valence-electron chi connectivity index (χ4n) is 1.20. The predicted octanol–water partition coefficient (Wildman–Crippen LogP) is 2.44. The number of carbonyl (C=O) groups excluding carboxylic acids is 1. The Hall–Kier alpha value is -1.66. The van der Waals surface area contributed by atoms with Crippen LogP contribution in [-0.4, -0.2) is 30.7 Å². The van der Waals surface area contributed by atoms with E-state index in [0.717, 1.165) is 6.07 Å². The maximum absolute atomic E-state index is 11.6. The third kappa shape index (κ3) is 3.97. The Morgan fingerprint density at radius 1 is 1.44 bits per heavy atom. The molecule has 0 N–H and O–H groups in total. The van der Waals surface area contributed by atoms with Gasteiger partial charge in [-0.25, -0.2) is 4.79 Å². The van der Waals surface area contributed by atoms with Crippen molar-refractivity contribution in [1.82, 2.24) is 0 Å². The van der Waals surface area contributed by atoms with Crippen molar-refractivity contribution in [1.29, 1.82) is 0 Å². The molecular weight excluding hydrogens is 262 g/mol. The first-order valence-corrected chi connectivity index (χ1v) is 5.63. The summed E-state index contributed by atoms with van der Waals surface area (Å²) in [4.78, 5) is 21.5. The number of non-ortho nitro benzene ring substituents is 1. The van der Waals surface area contributed by atoms with E-state index in [1.807, 2.05) is 6.92 Å². The molecule has 0 unspecified atom stereocenters. The summed E-state index contributed by atoms with van der Waals surface area (Å²) >= 11 is 5.77. The summed E-state index contributed by atoms with van der Waals surface area (Å²) in [5.74, 6) is -0.630. The largest absolute Gasteiger partial charge is 0.460 e. The topological polar surface area (TPSA) is 78.7 Å². The Labute approximate surface area is 109 Å². The molecular formula is C11H12ClNO5. The van der Waals surface area contributed by atoms with Gasteiger partial charge in [-0.05, 0) is 13.0 Å². The molecule has 0 spiro atoms. The smallest absolute Gasteiger partial charge is 0.339 e. The van der Waals surface area contributed by atoms with Crippen LogP contribution in [0.15, 0.2) is 18.2 Å². The van der Waals surface area contributed by atoms with E-state index in [2.05, 4.69) is 0 Å². The van der Waals surface area contributed by atoms with Crippen molar-refractivity contribution in [2.75, 3.05) is 19.8 Å². The molecule has 0 aliphatic heterocycles. The minimum atomic E-state index is -0.630. The normalized spacial score (nSPS) is 10.1. The molecule has 0 radical (unpaired) electrons. The summed E-state index contributed by atoms with van der Waals surface area (Å²) in [5.41, 5.74) is -0.0790. The lowest BCUT2D eigenvalue weighted by molar-refractivity contribution is -0.384. The second-order valence-electron chi connectivity index (χ2n) is 3.25. The second-order valence-corrected chi connectivity index (χ2v) is 3.66. The third-order valence-electron chi connectivity index (χ3n) is 2.05. The molecule has 1 aromatic carbocycles. The van der Waals surface area contributed by atoms with Gasteiger partial charge in [-0.2, -0.15) is 0 Å². The lowest BCUT2D eigenvalue weighted by Crippen LogP contribution is -2.11. The van der Waals surface area contributed by atoms with Crippen LogP contribution in [0.25, 0.3) is 0 Å². The Morgan fingerprint density at radius 3 is 2.72 bits per heavy atom. The minimum Gasteiger partial charge on any atom is -0.460 e. The minimum absolute atomic E-state index is 0.00869. The molecule has 98 valence electrons. The molecule has 0 aliphatic carbocycles. The second kappa shape index (κ2) is 6.93. The van der Waals surface area contributed by atoms with Crippen LogP contribution in [0.1, 0.15) is 17.3 Å². The van der Waals surface area contributed by atoms with Gasteiger partial charge in [0.25, 0.3) is 5.69 Å². The summed E-state index contributed by atoms with van der Waals surface area (Å²) in [5, 5.41) is 10.5. The summed E-state index contributed by atoms with van der Waals surface area (Å²) < 4.78 is 9.89. The van der Waals surface area contributed by atoms with E-state index in [1.54, 1.807) is 0 Å². The Balaban J connectivity index is 2.66. The van der Waals surface area contributed by atoms with Crippen molar-refractivity contribution >= 4 is 23.3 Å². The molecule has 6 nitrogen and oxygen atoms in total. The quantitative estimate of drug-likeness (QED) is 0.344. The van der Waals surface area contributed by atoms with Gasteiger partial charge in [-0.3, -0.25) is 10.1 Å². The molecule has 0 saturated carbocycles. The fraction of sp³-hybridized carbons (Fsp3) is 0.364. The van der Waals surface area contributed by atoms with Gasteiger partial charge >= 0.3 is 5.97 Å². The van der Waals surface area contributed by atoms with Crippen LogP contribution in [0, 0.1) is 10.1 Å². The third-order valence-corrected chi connectivity index (χ3v) is 2.36. The Morgan fingerprint density at radius 2 is 2.17 bits per heavy atom. The first-order valence-electron chi connectivity index (χ1n) is 5.25. The van der Waals surface area contributed by atoms with Crippen LogP contribution in [0.5, 0.6) is 0 Å². The van der Waals surface area contributed by atoms with E-state index in [9.17, 15) is 14.9 Å². The lowest BCUT2D eigenvalue weighted by Gasteiger charge is -2.06. The number of rotatable bonds is 6. The van der Waals surface area contributed by atoms with Crippen LogP contribution < -0.4 is 0 Å². The summed E-state index contributed by atoms with van der Waals surface area (Å²) in [6.07, 6.45) is 0. The highest BCUT2D eigenvalue weighted by atomic mass is 35.5. The maximum atomic E-state index is 11.6. The number of carbonyl (C=O) groups is 1. The molecule has 1 aromatic rings. The molecule has 0 heterocycles. The molecule has 0 fully saturated rings. The van der Waals surface area contributed by atoms with Crippen molar-refractivity contribution in [3.63, 3.8) is 0 Å². The molecule has 0 aromatic heterocycles. The molecule has 0 saturated heterocycles. The predicted molar refractivity (Wildman–Crippen MR) is 64.9 cm³/mol. The fourth-order valence-corrected chi connectivity index (χ4v) is 1.45. The van der Waals surface area contributed by atoms with Crippen molar-refractivity contribution in [2.24, 2.45) is 0 Å². The Kier molecular flexibility index (Phi) is 5.54. The highest BCUT2D eigenvalue weighted by molar-refractivity contribution is 6.33. The van der Waals surface area contributed by atoms with Gasteiger partial charge in [-0.1, -0.05) is 11.6 Å². The van der Waals surface area contributed by atoms with E-state index in [-0.39, 0.29) is 22.9 Å². The van der Waals surface area contributed by atoms with Crippen LogP contribution in [0.4, 0.5) is 5.69 Å². The number of benzene rings is 1. The zero-order chi connectivity index (χ0) is 13.5. The molecule has 7 heteroatoms. The average molecular weight is 274 g/mol. The number of nitrogens with zero attached hydrogens (tertiary/aromatic N) is 1. The van der Waals surface area contributed by atoms with E-state index in [0.29, 0.717) is 13.2 Å². The van der Waals surface area contributed by atoms with Crippen molar-refractivity contribution in [2.45, 2.75) is 6.92 Å². The molecule has 0 bridgehead atoms. The number of nitro groups is 1. The zero-order valence-electron chi connectivity index (χ0n) is 9.72. The molecule has 0 aliphatic rings. The van der Waals surface area contributed by atoms with Crippen LogP contribution in [0.3, 0.4) is 0 Å². The lowest BCUT2D eigenvalue weighted by atomic mass is 10.2. The van der Waals surface area contributed by atoms with Crippen molar-refractivity contribution in [3.05, 3.63) is 38.9 Å². The number of esters is 1. The van der Waals surface area contributed by atoms with Crippen LogP contribution in [-0.2, 0) is 9.47 Å². The monoisotopic (exact) mass is 273 g/mol. The Bertz CT molecular complexity index is 449. The van der Waals surface area contributed by atoms with Gasteiger partial charge in [-0.15, -0.1) is 0 Å². The summed E-state index contributed by atoms with van der Waals surface area (Å²) in [6, 6.07) is 3.58. The number of ether oxygens (including phenoxy) is 2. The van der Waals surface area contributed by atoms with Gasteiger partial charge in [0.2, 0.25) is 0 Å². The molecule has 0 amide bonds. The molecule has 1 rings (SSSR count). The van der Waals surface area contributed by atoms with E-state index >= 15 is 0 Å². The summed E-state index contributed by atoms with van der Waals surface area (Å²) in [7, 11) is 0. The van der Waals surface area contributed by atoms with Gasteiger partial charge < -0.3 is 9.47 Å². The van der Waals surface area contributed by atoms with Gasteiger partial charge in [0, 0.05) is 18.7 Å². The number of hydrogen-bond acceptors (Lipinski definition) is 5. The van der Waals surface area contributed by atoms with Gasteiger partial charge in [0.05, 0.1) is 22.1 Å². The van der Waals surface area contributed by atoms with E-state index in [4.69, 9.17) is 21.1 Å². The van der Waals surface area contributed by atoms with Crippen molar-refractivity contribution < 1.29 is 19.2 Å². The maximum Gasteiger partial charge on any atom is 0.339 e. The first kappa shape index (κ1) is 14.4. The highest BCUT2D eigenvalue weighted by Gasteiger charge is 2.15. The van der Waals surface area contributed by atoms with Crippen LogP contribution in [0.2, 0.25) is 5.02 Å². The van der Waals surface area contributed by atoms with E-state index < -0.39 is 10.9 Å². The first-order chi connectivity index (χ1) is 8.56. The highest BCUT2D eigenvalue weighted by Crippen LogP contribution is 2.22. The average Bonchev–Trinajstić information content (AvgIpc) is 2.34. The van der Waals surface area contributed by atoms with Gasteiger partial charge in [0.1, 0.15) is 6.61 Å². The van der Waals surface area contributed by atoms with Gasteiger partial charge in [0.15, 0.2) is 0 Å². The van der Waals surface area contributed by atoms with Crippen LogP contribution >= 0.6 is 11.6 Å². The standard InChI is InChI=1S/C11H12ClNO5/c1-2-17-5-6-18-11(14)9-4-3-8(13(15)16)7-10(9)12/h3-4,7H,2,5-6H2,1H3. The molecule has 18 heavy (non-hydrogen) atoms. The van der Waals surface area contributed by atoms with Crippen molar-refractivity contribution in [3.8, 4) is 0 Å². The zero-order valence-corrected chi connectivity index (χ0v) is 10.5. The number of hydrogen-bond donors (Lipinski definition) is 0. The molecule has 0 atom stereocenters.